The van der Waals surface area contributed by atoms with Gasteiger partial charge in [0.25, 0.3) is 0 Å². The van der Waals surface area contributed by atoms with Gasteiger partial charge < -0.3 is 4.74 Å². The number of esters is 1. The van der Waals surface area contributed by atoms with Gasteiger partial charge in [-0.15, -0.1) is 0 Å². The van der Waals surface area contributed by atoms with Crippen molar-refractivity contribution in [2.24, 2.45) is 5.92 Å². The average molecular weight is 306 g/mol. The number of hydrogen-bond acceptors (Lipinski definition) is 3. The number of carbonyl (C=O) groups is 1. The second kappa shape index (κ2) is 8.47. The Morgan fingerprint density at radius 2 is 1.86 bits per heavy atom. The Bertz CT molecular complexity index is 433. The van der Waals surface area contributed by atoms with Crippen molar-refractivity contribution in [3.8, 4) is 5.75 Å². The lowest BCUT2D eigenvalue weighted by Crippen LogP contribution is -2.13. The molecular weight excluding hydrogens is 280 g/mol. The highest BCUT2D eigenvalue weighted by molar-refractivity contribution is 7.80. The molecule has 0 aliphatic heterocycles. The number of thiol groups is 1. The second-order valence-corrected chi connectivity index (χ2v) is 6.47. The van der Waals surface area contributed by atoms with Gasteiger partial charge in [-0.2, -0.15) is 12.6 Å². The van der Waals surface area contributed by atoms with E-state index in [9.17, 15) is 4.79 Å². The molecule has 0 heterocycles. The number of benzene rings is 1. The standard InChI is InChI=1S/C18H26O2S/c1-2-3-14-4-6-15(7-5-14)16-8-10-17(11-9-16)20-18(19)12-13-21/h8-11,14-15,21H,2-7,12-13H2,1H3. The lowest BCUT2D eigenvalue weighted by molar-refractivity contribution is -0.133. The van der Waals surface area contributed by atoms with Gasteiger partial charge in [0.15, 0.2) is 0 Å². The summed E-state index contributed by atoms with van der Waals surface area (Å²) in [6.45, 7) is 2.28. The lowest BCUT2D eigenvalue weighted by atomic mass is 9.77. The smallest absolute Gasteiger partial charge is 0.312 e. The summed E-state index contributed by atoms with van der Waals surface area (Å²) in [5, 5.41) is 0. The van der Waals surface area contributed by atoms with Crippen molar-refractivity contribution in [1.29, 1.82) is 0 Å². The van der Waals surface area contributed by atoms with Gasteiger partial charge in [-0.3, -0.25) is 4.79 Å². The van der Waals surface area contributed by atoms with E-state index in [0.717, 1.165) is 5.92 Å². The maximum Gasteiger partial charge on any atom is 0.312 e. The van der Waals surface area contributed by atoms with Crippen molar-refractivity contribution in [1.82, 2.24) is 0 Å². The van der Waals surface area contributed by atoms with E-state index >= 15 is 0 Å². The molecule has 0 radical (unpaired) electrons. The minimum atomic E-state index is -0.210. The largest absolute Gasteiger partial charge is 0.427 e. The van der Waals surface area contributed by atoms with E-state index in [-0.39, 0.29) is 5.97 Å². The first-order valence-corrected chi connectivity index (χ1v) is 8.77. The summed E-state index contributed by atoms with van der Waals surface area (Å²) < 4.78 is 5.26. The zero-order chi connectivity index (χ0) is 15.1. The van der Waals surface area contributed by atoms with Crippen molar-refractivity contribution in [3.63, 3.8) is 0 Å². The van der Waals surface area contributed by atoms with E-state index in [4.69, 9.17) is 4.74 Å². The van der Waals surface area contributed by atoms with Gasteiger partial charge in [-0.25, -0.2) is 0 Å². The SMILES string of the molecule is CCCC1CCC(c2ccc(OC(=O)CCS)cc2)CC1. The van der Waals surface area contributed by atoms with Gasteiger partial charge in [0.2, 0.25) is 0 Å². The molecule has 1 aliphatic carbocycles. The van der Waals surface area contributed by atoms with Crippen LogP contribution in [-0.2, 0) is 4.79 Å². The van der Waals surface area contributed by atoms with Crippen molar-refractivity contribution >= 4 is 18.6 Å². The molecule has 116 valence electrons. The maximum absolute atomic E-state index is 11.4. The zero-order valence-electron chi connectivity index (χ0n) is 12.9. The average Bonchev–Trinajstić information content (AvgIpc) is 2.49. The van der Waals surface area contributed by atoms with E-state index in [0.29, 0.717) is 23.8 Å². The minimum Gasteiger partial charge on any atom is -0.427 e. The minimum absolute atomic E-state index is 0.210. The third-order valence-corrected chi connectivity index (χ3v) is 4.67. The molecule has 0 amide bonds. The molecule has 21 heavy (non-hydrogen) atoms. The highest BCUT2D eigenvalue weighted by atomic mass is 32.1. The molecule has 1 saturated carbocycles. The van der Waals surface area contributed by atoms with Crippen molar-refractivity contribution in [2.45, 2.75) is 57.8 Å². The molecule has 1 aromatic rings. The van der Waals surface area contributed by atoms with Crippen molar-refractivity contribution in [2.75, 3.05) is 5.75 Å². The van der Waals surface area contributed by atoms with Gasteiger partial charge in [-0.1, -0.05) is 31.9 Å². The third kappa shape index (κ3) is 5.06. The van der Waals surface area contributed by atoms with Crippen LogP contribution in [0.4, 0.5) is 0 Å². The van der Waals surface area contributed by atoms with E-state index < -0.39 is 0 Å². The highest BCUT2D eigenvalue weighted by Crippen LogP contribution is 2.37. The first-order chi connectivity index (χ1) is 10.2. The van der Waals surface area contributed by atoms with E-state index in [2.05, 4.69) is 31.7 Å². The van der Waals surface area contributed by atoms with Crippen molar-refractivity contribution < 1.29 is 9.53 Å². The summed E-state index contributed by atoms with van der Waals surface area (Å²) in [7, 11) is 0. The fourth-order valence-corrected chi connectivity index (χ4v) is 3.46. The summed E-state index contributed by atoms with van der Waals surface area (Å²) in [6, 6.07) is 8.08. The van der Waals surface area contributed by atoms with Crippen LogP contribution in [0.15, 0.2) is 24.3 Å². The van der Waals surface area contributed by atoms with Crippen LogP contribution in [0.5, 0.6) is 5.75 Å². The molecule has 1 aliphatic rings. The Kier molecular flexibility index (Phi) is 6.62. The number of hydrogen-bond donors (Lipinski definition) is 1. The molecule has 0 atom stereocenters. The summed E-state index contributed by atoms with van der Waals surface area (Å²) in [4.78, 5) is 11.4. The normalized spacial score (nSPS) is 22.0. The van der Waals surface area contributed by atoms with Gasteiger partial charge in [0, 0.05) is 5.75 Å². The van der Waals surface area contributed by atoms with Crippen LogP contribution in [0.25, 0.3) is 0 Å². The Morgan fingerprint density at radius 1 is 1.19 bits per heavy atom. The van der Waals surface area contributed by atoms with Crippen LogP contribution in [-0.4, -0.2) is 11.7 Å². The molecule has 0 saturated heterocycles. The molecule has 1 fully saturated rings. The van der Waals surface area contributed by atoms with Gasteiger partial charge >= 0.3 is 5.97 Å². The fraction of sp³-hybridized carbons (Fsp3) is 0.611. The van der Waals surface area contributed by atoms with E-state index in [1.165, 1.54) is 44.1 Å². The van der Waals surface area contributed by atoms with Crippen LogP contribution in [0, 0.1) is 5.92 Å². The van der Waals surface area contributed by atoms with E-state index in [1.807, 2.05) is 12.1 Å². The predicted molar refractivity (Wildman–Crippen MR) is 90.2 cm³/mol. The molecule has 3 heteroatoms. The topological polar surface area (TPSA) is 26.3 Å². The Morgan fingerprint density at radius 3 is 2.43 bits per heavy atom. The molecule has 0 spiro atoms. The van der Waals surface area contributed by atoms with Crippen molar-refractivity contribution in [3.05, 3.63) is 29.8 Å². The summed E-state index contributed by atoms with van der Waals surface area (Å²) in [5.74, 6) is 2.58. The van der Waals surface area contributed by atoms with Gasteiger partial charge in [0.1, 0.15) is 5.75 Å². The number of carbonyl (C=O) groups excluding carboxylic acids is 1. The first kappa shape index (κ1) is 16.4. The molecule has 0 bridgehead atoms. The first-order valence-electron chi connectivity index (χ1n) is 8.14. The molecule has 1 aromatic carbocycles. The zero-order valence-corrected chi connectivity index (χ0v) is 13.8. The fourth-order valence-electron chi connectivity index (χ4n) is 3.27. The molecule has 0 N–H and O–H groups in total. The van der Waals surface area contributed by atoms with Crippen LogP contribution < -0.4 is 4.74 Å². The second-order valence-electron chi connectivity index (χ2n) is 6.02. The van der Waals surface area contributed by atoms with Crippen LogP contribution in [0.3, 0.4) is 0 Å². The lowest BCUT2D eigenvalue weighted by Gasteiger charge is -2.28. The summed E-state index contributed by atoms with van der Waals surface area (Å²) in [6.07, 6.45) is 8.35. The Balaban J connectivity index is 1.86. The molecule has 0 aromatic heterocycles. The number of rotatable bonds is 6. The Labute approximate surface area is 133 Å². The molecule has 0 unspecified atom stereocenters. The van der Waals surface area contributed by atoms with Crippen LogP contribution in [0.1, 0.15) is 63.4 Å². The summed E-state index contributed by atoms with van der Waals surface area (Å²) >= 11 is 4.03. The summed E-state index contributed by atoms with van der Waals surface area (Å²) in [5.41, 5.74) is 1.39. The van der Waals surface area contributed by atoms with Gasteiger partial charge in [-0.05, 0) is 55.2 Å². The highest BCUT2D eigenvalue weighted by Gasteiger charge is 2.21. The molecular formula is C18H26O2S. The molecule has 2 nitrogen and oxygen atoms in total. The maximum atomic E-state index is 11.4. The molecule has 2 rings (SSSR count). The van der Waals surface area contributed by atoms with E-state index in [1.54, 1.807) is 0 Å². The number of ether oxygens (including phenoxy) is 1. The van der Waals surface area contributed by atoms with Crippen LogP contribution >= 0.6 is 12.6 Å². The van der Waals surface area contributed by atoms with Gasteiger partial charge in [0.05, 0.1) is 6.42 Å². The quantitative estimate of drug-likeness (QED) is 0.455. The predicted octanol–water partition coefficient (Wildman–Crippen LogP) is 4.99. The third-order valence-electron chi connectivity index (χ3n) is 4.44. The Hall–Kier alpha value is -0.960. The monoisotopic (exact) mass is 306 g/mol. The van der Waals surface area contributed by atoms with Crippen LogP contribution in [0.2, 0.25) is 0 Å².